The molecule has 5 nitrogen and oxygen atoms in total. The molecule has 0 atom stereocenters. The third kappa shape index (κ3) is 3.72. The van der Waals surface area contributed by atoms with E-state index in [1.54, 1.807) is 18.2 Å². The summed E-state index contributed by atoms with van der Waals surface area (Å²) < 4.78 is 0. The van der Waals surface area contributed by atoms with Crippen molar-refractivity contribution >= 4 is 40.6 Å². The van der Waals surface area contributed by atoms with Gasteiger partial charge in [0.2, 0.25) is 0 Å². The van der Waals surface area contributed by atoms with E-state index in [9.17, 15) is 9.59 Å². The average Bonchev–Trinajstić information content (AvgIpc) is 2.89. The molecule has 2 N–H and O–H groups in total. The Morgan fingerprint density at radius 3 is 2.42 bits per heavy atom. The molecule has 2 aromatic rings. The van der Waals surface area contributed by atoms with Crippen LogP contribution in [0, 0.1) is 6.92 Å². The number of rotatable bonds is 3. The highest BCUT2D eigenvalue weighted by Gasteiger charge is 2.23. The van der Waals surface area contributed by atoms with Gasteiger partial charge in [-0.05, 0) is 54.6 Å². The molecular formula is C18H14N2O3S. The number of nitrogens with zero attached hydrogens (tertiary/aromatic N) is 1. The highest BCUT2D eigenvalue weighted by Crippen LogP contribution is 2.28. The van der Waals surface area contributed by atoms with Crippen LogP contribution >= 0.6 is 11.8 Å². The fourth-order valence-corrected chi connectivity index (χ4v) is 2.93. The van der Waals surface area contributed by atoms with Crippen LogP contribution < -0.4 is 5.32 Å². The van der Waals surface area contributed by atoms with E-state index in [0.717, 1.165) is 16.8 Å². The lowest BCUT2D eigenvalue weighted by Gasteiger charge is -1.97. The Balaban J connectivity index is 1.79. The van der Waals surface area contributed by atoms with E-state index >= 15 is 0 Å². The number of amides is 1. The van der Waals surface area contributed by atoms with Gasteiger partial charge in [0.25, 0.3) is 5.91 Å². The highest BCUT2D eigenvalue weighted by atomic mass is 32.2. The van der Waals surface area contributed by atoms with Crippen molar-refractivity contribution in [2.45, 2.75) is 6.92 Å². The Hall–Kier alpha value is -2.86. The molecule has 0 saturated carbocycles. The minimum Gasteiger partial charge on any atom is -0.478 e. The van der Waals surface area contributed by atoms with Crippen LogP contribution in [0.4, 0.5) is 5.69 Å². The SMILES string of the molecule is Cc1ccc(N=C2NC(=O)/C(=C/c3ccc(C(=O)O)cc3)S2)cc1. The van der Waals surface area contributed by atoms with Crippen LogP contribution in [0.1, 0.15) is 21.5 Å². The number of carboxylic acid groups (broad SMARTS) is 1. The predicted octanol–water partition coefficient (Wildman–Crippen LogP) is 3.58. The van der Waals surface area contributed by atoms with Crippen molar-refractivity contribution in [3.63, 3.8) is 0 Å². The number of carbonyl (C=O) groups is 2. The van der Waals surface area contributed by atoms with Crippen LogP contribution in [0.3, 0.4) is 0 Å². The Kier molecular flexibility index (Phi) is 4.48. The van der Waals surface area contributed by atoms with Crippen molar-refractivity contribution in [3.05, 3.63) is 70.1 Å². The minimum absolute atomic E-state index is 0.210. The van der Waals surface area contributed by atoms with Gasteiger partial charge in [-0.25, -0.2) is 9.79 Å². The molecule has 0 aromatic heterocycles. The Morgan fingerprint density at radius 1 is 1.12 bits per heavy atom. The van der Waals surface area contributed by atoms with Crippen molar-refractivity contribution in [3.8, 4) is 0 Å². The highest BCUT2D eigenvalue weighted by molar-refractivity contribution is 8.18. The maximum atomic E-state index is 12.0. The number of hydrogen-bond donors (Lipinski definition) is 2. The lowest BCUT2D eigenvalue weighted by molar-refractivity contribution is -0.115. The van der Waals surface area contributed by atoms with Crippen LogP contribution in [-0.2, 0) is 4.79 Å². The number of aromatic carboxylic acids is 1. The fourth-order valence-electron chi connectivity index (χ4n) is 2.09. The van der Waals surface area contributed by atoms with Crippen molar-refractivity contribution in [1.29, 1.82) is 0 Å². The number of hydrogen-bond acceptors (Lipinski definition) is 4. The molecule has 2 aromatic carbocycles. The van der Waals surface area contributed by atoms with Gasteiger partial charge < -0.3 is 10.4 Å². The molecule has 0 bridgehead atoms. The van der Waals surface area contributed by atoms with E-state index in [-0.39, 0.29) is 11.5 Å². The van der Waals surface area contributed by atoms with Gasteiger partial charge in [-0.15, -0.1) is 0 Å². The van der Waals surface area contributed by atoms with Gasteiger partial charge in [0, 0.05) is 0 Å². The predicted molar refractivity (Wildman–Crippen MR) is 95.4 cm³/mol. The maximum Gasteiger partial charge on any atom is 0.335 e. The molecule has 1 heterocycles. The summed E-state index contributed by atoms with van der Waals surface area (Å²) in [6, 6.07) is 14.0. The summed E-state index contributed by atoms with van der Waals surface area (Å²) >= 11 is 1.26. The molecule has 1 amide bonds. The number of thioether (sulfide) groups is 1. The number of nitrogens with one attached hydrogen (secondary N) is 1. The maximum absolute atomic E-state index is 12.0. The molecule has 0 radical (unpaired) electrons. The average molecular weight is 338 g/mol. The standard InChI is InChI=1S/C18H14N2O3S/c1-11-2-8-14(9-3-11)19-18-20-16(21)15(24-18)10-12-4-6-13(7-5-12)17(22)23/h2-10H,1H3,(H,22,23)(H,19,20,21)/b15-10-. The molecule has 0 unspecified atom stereocenters. The van der Waals surface area contributed by atoms with Crippen LogP contribution in [0.2, 0.25) is 0 Å². The number of aryl methyl sites for hydroxylation is 1. The summed E-state index contributed by atoms with van der Waals surface area (Å²) in [5.41, 5.74) is 2.89. The third-order valence-corrected chi connectivity index (χ3v) is 4.28. The number of benzene rings is 2. The zero-order valence-corrected chi connectivity index (χ0v) is 13.6. The molecule has 24 heavy (non-hydrogen) atoms. The van der Waals surface area contributed by atoms with E-state index < -0.39 is 5.97 Å². The van der Waals surface area contributed by atoms with Crippen molar-refractivity contribution in [2.75, 3.05) is 0 Å². The molecular weight excluding hydrogens is 324 g/mol. The number of carboxylic acids is 1. The molecule has 0 aliphatic carbocycles. The van der Waals surface area contributed by atoms with E-state index in [4.69, 9.17) is 5.11 Å². The molecule has 6 heteroatoms. The Labute approximate surface area is 143 Å². The third-order valence-electron chi connectivity index (χ3n) is 3.37. The van der Waals surface area contributed by atoms with Crippen LogP contribution in [0.25, 0.3) is 6.08 Å². The Morgan fingerprint density at radius 2 is 1.79 bits per heavy atom. The summed E-state index contributed by atoms with van der Waals surface area (Å²) in [7, 11) is 0. The summed E-state index contributed by atoms with van der Waals surface area (Å²) in [6.45, 7) is 2.00. The second-order valence-corrected chi connectivity index (χ2v) is 6.28. The second kappa shape index (κ2) is 6.72. The van der Waals surface area contributed by atoms with Gasteiger partial charge in [0.15, 0.2) is 5.17 Å². The van der Waals surface area contributed by atoms with Crippen LogP contribution in [-0.4, -0.2) is 22.2 Å². The Bertz CT molecular complexity index is 853. The van der Waals surface area contributed by atoms with Gasteiger partial charge in [-0.2, -0.15) is 0 Å². The van der Waals surface area contributed by atoms with Crippen molar-refractivity contribution in [2.24, 2.45) is 4.99 Å². The van der Waals surface area contributed by atoms with Gasteiger partial charge in [0.05, 0.1) is 16.2 Å². The van der Waals surface area contributed by atoms with Crippen LogP contribution in [0.5, 0.6) is 0 Å². The first-order valence-electron chi connectivity index (χ1n) is 7.21. The quantitative estimate of drug-likeness (QED) is 0.838. The molecule has 0 spiro atoms. The normalized spacial score (nSPS) is 17.3. The van der Waals surface area contributed by atoms with Crippen molar-refractivity contribution < 1.29 is 14.7 Å². The summed E-state index contributed by atoms with van der Waals surface area (Å²) in [5.74, 6) is -1.19. The molecule has 1 fully saturated rings. The zero-order valence-electron chi connectivity index (χ0n) is 12.8. The first-order valence-corrected chi connectivity index (χ1v) is 8.02. The smallest absolute Gasteiger partial charge is 0.335 e. The van der Waals surface area contributed by atoms with Crippen LogP contribution in [0.15, 0.2) is 58.4 Å². The summed E-state index contributed by atoms with van der Waals surface area (Å²) in [4.78, 5) is 27.8. The van der Waals surface area contributed by atoms with E-state index in [1.807, 2.05) is 31.2 Å². The summed E-state index contributed by atoms with van der Waals surface area (Å²) in [6.07, 6.45) is 1.71. The lowest BCUT2D eigenvalue weighted by atomic mass is 10.1. The monoisotopic (exact) mass is 338 g/mol. The molecule has 3 rings (SSSR count). The van der Waals surface area contributed by atoms with Crippen molar-refractivity contribution in [1.82, 2.24) is 5.32 Å². The van der Waals surface area contributed by atoms with Gasteiger partial charge >= 0.3 is 5.97 Å². The second-order valence-electron chi connectivity index (χ2n) is 5.24. The van der Waals surface area contributed by atoms with E-state index in [0.29, 0.717) is 10.1 Å². The number of amidine groups is 1. The van der Waals surface area contributed by atoms with E-state index in [2.05, 4.69) is 10.3 Å². The molecule has 1 aliphatic rings. The lowest BCUT2D eigenvalue weighted by Crippen LogP contribution is -2.19. The van der Waals surface area contributed by atoms with Gasteiger partial charge in [-0.1, -0.05) is 29.8 Å². The zero-order chi connectivity index (χ0) is 17.1. The summed E-state index contributed by atoms with van der Waals surface area (Å²) in [5, 5.41) is 12.1. The first-order chi connectivity index (χ1) is 11.5. The molecule has 1 aliphatic heterocycles. The van der Waals surface area contributed by atoms with Gasteiger partial charge in [-0.3, -0.25) is 4.79 Å². The largest absolute Gasteiger partial charge is 0.478 e. The molecule has 120 valence electrons. The first kappa shape index (κ1) is 16.0. The molecule has 1 saturated heterocycles. The minimum atomic E-state index is -0.977. The van der Waals surface area contributed by atoms with E-state index in [1.165, 1.54) is 23.9 Å². The number of carbonyl (C=O) groups excluding carboxylic acids is 1. The number of aliphatic imine (C=N–C) groups is 1. The fraction of sp³-hybridized carbons (Fsp3) is 0.0556. The topological polar surface area (TPSA) is 78.8 Å². The van der Waals surface area contributed by atoms with Gasteiger partial charge in [0.1, 0.15) is 0 Å².